The summed E-state index contributed by atoms with van der Waals surface area (Å²) in [6.45, 7) is 3.09. The fourth-order valence-electron chi connectivity index (χ4n) is 2.03. The van der Waals surface area contributed by atoms with Crippen molar-refractivity contribution in [1.29, 1.82) is 0 Å². The van der Waals surface area contributed by atoms with E-state index in [0.717, 1.165) is 0 Å². The maximum absolute atomic E-state index is 14.2. The van der Waals surface area contributed by atoms with Crippen LogP contribution in [0.3, 0.4) is 0 Å². The van der Waals surface area contributed by atoms with Crippen molar-refractivity contribution in [1.82, 2.24) is 0 Å². The van der Waals surface area contributed by atoms with Gasteiger partial charge in [-0.3, -0.25) is 0 Å². The van der Waals surface area contributed by atoms with Gasteiger partial charge < -0.3 is 0 Å². The summed E-state index contributed by atoms with van der Waals surface area (Å²) in [6.07, 6.45) is 0. The molecule has 0 amide bonds. The second-order valence-corrected chi connectivity index (χ2v) is 5.36. The third-order valence-electron chi connectivity index (χ3n) is 3.12. The Labute approximate surface area is 97.2 Å². The summed E-state index contributed by atoms with van der Waals surface area (Å²) in [7, 11) is 0. The molecule has 1 aromatic rings. The highest BCUT2D eigenvalue weighted by Crippen LogP contribution is 2.63. The van der Waals surface area contributed by atoms with Crippen LogP contribution in [0.4, 0.5) is 8.78 Å². The van der Waals surface area contributed by atoms with Gasteiger partial charge in [-0.25, -0.2) is 8.78 Å². The lowest BCUT2D eigenvalue weighted by atomic mass is 9.85. The number of alkyl halides is 4. The Kier molecular flexibility index (Phi) is 2.13. The fraction of sp³-hybridized carbons (Fsp3) is 0.455. The summed E-state index contributed by atoms with van der Waals surface area (Å²) in [6, 6.07) is 6.44. The standard InChI is InChI=1S/C11H10Cl2F2/c1-9(2)7-5-3-4-6-8(7)10(12,14)11(9,13)15/h3-6H,1-2H3. The van der Waals surface area contributed by atoms with Crippen LogP contribution >= 0.6 is 23.2 Å². The first-order chi connectivity index (χ1) is 6.73. The molecule has 1 aromatic carbocycles. The van der Waals surface area contributed by atoms with Gasteiger partial charge in [-0.15, -0.1) is 0 Å². The van der Waals surface area contributed by atoms with Crippen LogP contribution in [0.2, 0.25) is 0 Å². The second kappa shape index (κ2) is 2.86. The molecule has 0 N–H and O–H groups in total. The van der Waals surface area contributed by atoms with Crippen molar-refractivity contribution in [3.05, 3.63) is 35.4 Å². The first kappa shape index (κ1) is 11.2. The van der Waals surface area contributed by atoms with Crippen LogP contribution in [-0.4, -0.2) is 5.13 Å². The van der Waals surface area contributed by atoms with Crippen LogP contribution in [0.15, 0.2) is 24.3 Å². The van der Waals surface area contributed by atoms with Gasteiger partial charge in [0.25, 0.3) is 5.13 Å². The fourth-order valence-corrected chi connectivity index (χ4v) is 2.64. The summed E-state index contributed by atoms with van der Waals surface area (Å²) in [5.74, 6) is 0. The molecule has 0 bridgehead atoms. The van der Waals surface area contributed by atoms with Crippen LogP contribution in [0.5, 0.6) is 0 Å². The average molecular weight is 251 g/mol. The molecule has 0 spiro atoms. The van der Waals surface area contributed by atoms with Crippen molar-refractivity contribution in [2.24, 2.45) is 0 Å². The molecular formula is C11H10Cl2F2. The Balaban J connectivity index is 2.78. The lowest BCUT2D eigenvalue weighted by molar-refractivity contribution is 0.0553. The average Bonchev–Trinajstić information content (AvgIpc) is 2.26. The minimum atomic E-state index is -2.67. The SMILES string of the molecule is CC1(C)c2ccccc2C(F)(Cl)C1(F)Cl. The van der Waals surface area contributed by atoms with Crippen molar-refractivity contribution in [3.8, 4) is 0 Å². The van der Waals surface area contributed by atoms with Crippen molar-refractivity contribution in [2.45, 2.75) is 29.5 Å². The van der Waals surface area contributed by atoms with E-state index in [0.29, 0.717) is 5.56 Å². The van der Waals surface area contributed by atoms with E-state index in [1.807, 2.05) is 0 Å². The summed E-state index contributed by atoms with van der Waals surface area (Å²) in [5.41, 5.74) is -0.518. The molecule has 0 heterocycles. The molecule has 2 rings (SSSR count). The van der Waals surface area contributed by atoms with Gasteiger partial charge in [0.1, 0.15) is 0 Å². The predicted molar refractivity (Wildman–Crippen MR) is 57.8 cm³/mol. The zero-order chi connectivity index (χ0) is 11.5. The summed E-state index contributed by atoms with van der Waals surface area (Å²) in [4.78, 5) is 0. The first-order valence-corrected chi connectivity index (χ1v) is 5.34. The Morgan fingerprint density at radius 2 is 1.47 bits per heavy atom. The molecule has 2 unspecified atom stereocenters. The number of benzene rings is 1. The third-order valence-corrected chi connectivity index (χ3v) is 4.41. The lowest BCUT2D eigenvalue weighted by Gasteiger charge is -2.33. The molecule has 0 saturated carbocycles. The molecule has 82 valence electrons. The topological polar surface area (TPSA) is 0 Å². The van der Waals surface area contributed by atoms with Gasteiger partial charge >= 0.3 is 0 Å². The van der Waals surface area contributed by atoms with E-state index in [1.54, 1.807) is 32.0 Å². The molecule has 0 saturated heterocycles. The van der Waals surface area contributed by atoms with Crippen molar-refractivity contribution in [2.75, 3.05) is 0 Å². The Morgan fingerprint density at radius 3 is 1.93 bits per heavy atom. The maximum Gasteiger partial charge on any atom is 0.257 e. The van der Waals surface area contributed by atoms with Crippen LogP contribution in [0, 0.1) is 0 Å². The number of fused-ring (bicyclic) bond motifs is 1. The molecule has 1 aliphatic rings. The van der Waals surface area contributed by atoms with Gasteiger partial charge in [-0.1, -0.05) is 61.3 Å². The van der Waals surface area contributed by atoms with Gasteiger partial charge in [0.2, 0.25) is 5.13 Å². The normalized spacial score (nSPS) is 37.7. The molecule has 2 atom stereocenters. The number of hydrogen-bond acceptors (Lipinski definition) is 0. The van der Waals surface area contributed by atoms with E-state index in [4.69, 9.17) is 23.2 Å². The molecule has 0 aliphatic heterocycles. The van der Waals surface area contributed by atoms with Gasteiger partial charge in [0.15, 0.2) is 0 Å². The first-order valence-electron chi connectivity index (χ1n) is 4.58. The van der Waals surface area contributed by atoms with Crippen molar-refractivity contribution in [3.63, 3.8) is 0 Å². The number of hydrogen-bond donors (Lipinski definition) is 0. The van der Waals surface area contributed by atoms with Gasteiger partial charge in [0, 0.05) is 11.0 Å². The van der Waals surface area contributed by atoms with Crippen molar-refractivity contribution < 1.29 is 8.78 Å². The molecular weight excluding hydrogens is 241 g/mol. The molecule has 1 aliphatic carbocycles. The molecule has 0 aromatic heterocycles. The lowest BCUT2D eigenvalue weighted by Crippen LogP contribution is -2.43. The Bertz CT molecular complexity index is 374. The predicted octanol–water partition coefficient (Wildman–Crippen LogP) is 4.24. The monoisotopic (exact) mass is 250 g/mol. The summed E-state index contributed by atoms with van der Waals surface area (Å²) in [5, 5.41) is -5.31. The van der Waals surface area contributed by atoms with Crippen LogP contribution in [0.1, 0.15) is 25.0 Å². The van der Waals surface area contributed by atoms with E-state index in [-0.39, 0.29) is 5.56 Å². The van der Waals surface area contributed by atoms with Crippen LogP contribution < -0.4 is 0 Å². The van der Waals surface area contributed by atoms with Crippen LogP contribution in [-0.2, 0) is 10.5 Å². The van der Waals surface area contributed by atoms with E-state index < -0.39 is 15.7 Å². The third kappa shape index (κ3) is 1.12. The Hall–Kier alpha value is -0.340. The smallest absolute Gasteiger partial charge is 0.220 e. The van der Waals surface area contributed by atoms with Gasteiger partial charge in [0.05, 0.1) is 0 Å². The minimum Gasteiger partial charge on any atom is -0.220 e. The van der Waals surface area contributed by atoms with E-state index in [2.05, 4.69) is 0 Å². The van der Waals surface area contributed by atoms with E-state index >= 15 is 0 Å². The summed E-state index contributed by atoms with van der Waals surface area (Å²) < 4.78 is 28.4. The highest BCUT2D eigenvalue weighted by atomic mass is 35.5. The highest BCUT2D eigenvalue weighted by molar-refractivity contribution is 6.34. The zero-order valence-corrected chi connectivity index (χ0v) is 9.83. The zero-order valence-electron chi connectivity index (χ0n) is 8.32. The molecule has 0 fully saturated rings. The second-order valence-electron chi connectivity index (χ2n) is 4.32. The van der Waals surface area contributed by atoms with Gasteiger partial charge in [-0.2, -0.15) is 0 Å². The maximum atomic E-state index is 14.2. The molecule has 15 heavy (non-hydrogen) atoms. The highest BCUT2D eigenvalue weighted by Gasteiger charge is 2.68. The van der Waals surface area contributed by atoms with Gasteiger partial charge in [-0.05, 0) is 5.56 Å². The largest absolute Gasteiger partial charge is 0.257 e. The van der Waals surface area contributed by atoms with E-state index in [9.17, 15) is 8.78 Å². The minimum absolute atomic E-state index is 0.120. The Morgan fingerprint density at radius 1 is 1.00 bits per heavy atom. The molecule has 4 heteroatoms. The van der Waals surface area contributed by atoms with Crippen LogP contribution in [0.25, 0.3) is 0 Å². The van der Waals surface area contributed by atoms with Crippen molar-refractivity contribution >= 4 is 23.2 Å². The molecule has 0 radical (unpaired) electrons. The number of halogens is 4. The van der Waals surface area contributed by atoms with E-state index in [1.165, 1.54) is 6.07 Å². The summed E-state index contributed by atoms with van der Waals surface area (Å²) >= 11 is 11.2. The quantitative estimate of drug-likeness (QED) is 0.605. The molecule has 0 nitrogen and oxygen atoms in total. The number of rotatable bonds is 0.